The van der Waals surface area contributed by atoms with E-state index in [0.717, 1.165) is 19.5 Å². The zero-order chi connectivity index (χ0) is 17.6. The number of nitrogens with zero attached hydrogens (tertiary/aromatic N) is 1. The third-order valence-corrected chi connectivity index (χ3v) is 4.05. The van der Waals surface area contributed by atoms with Crippen molar-refractivity contribution in [3.8, 4) is 0 Å². The van der Waals surface area contributed by atoms with Crippen LogP contribution < -0.4 is 5.32 Å². The number of hydrogen-bond acceptors (Lipinski definition) is 3. The van der Waals surface area contributed by atoms with Crippen molar-refractivity contribution in [1.82, 2.24) is 10.2 Å². The van der Waals surface area contributed by atoms with E-state index < -0.39 is 11.7 Å². The monoisotopic (exact) mass is 332 g/mol. The van der Waals surface area contributed by atoms with Gasteiger partial charge in [-0.15, -0.1) is 0 Å². The van der Waals surface area contributed by atoms with Crippen LogP contribution in [0.2, 0.25) is 0 Å². The van der Waals surface area contributed by atoms with Crippen LogP contribution in [-0.4, -0.2) is 42.1 Å². The average molecular weight is 332 g/mol. The lowest BCUT2D eigenvalue weighted by Gasteiger charge is -2.20. The molecule has 0 spiro atoms. The molecule has 2 rings (SSSR count). The van der Waals surface area contributed by atoms with Gasteiger partial charge in [-0.1, -0.05) is 30.3 Å². The van der Waals surface area contributed by atoms with Gasteiger partial charge in [-0.3, -0.25) is 4.79 Å². The number of ether oxygens (including phenoxy) is 1. The van der Waals surface area contributed by atoms with Crippen molar-refractivity contribution in [3.05, 3.63) is 35.9 Å². The second kappa shape index (κ2) is 8.18. The summed E-state index contributed by atoms with van der Waals surface area (Å²) in [4.78, 5) is 25.7. The van der Waals surface area contributed by atoms with Crippen molar-refractivity contribution in [1.29, 1.82) is 0 Å². The third-order valence-electron chi connectivity index (χ3n) is 4.05. The maximum atomic E-state index is 12.3. The van der Waals surface area contributed by atoms with Gasteiger partial charge < -0.3 is 15.0 Å². The predicted molar refractivity (Wildman–Crippen MR) is 93.9 cm³/mol. The highest BCUT2D eigenvalue weighted by atomic mass is 16.6. The van der Waals surface area contributed by atoms with Gasteiger partial charge in [-0.05, 0) is 39.2 Å². The van der Waals surface area contributed by atoms with Gasteiger partial charge in [0.1, 0.15) is 5.60 Å². The van der Waals surface area contributed by atoms with Crippen LogP contribution in [0.5, 0.6) is 0 Å². The molecule has 24 heavy (non-hydrogen) atoms. The first kappa shape index (κ1) is 18.3. The quantitative estimate of drug-likeness (QED) is 0.842. The lowest BCUT2D eigenvalue weighted by atomic mass is 9.99. The minimum atomic E-state index is -0.498. The van der Waals surface area contributed by atoms with Gasteiger partial charge in [0.15, 0.2) is 0 Å². The van der Waals surface area contributed by atoms with Crippen LogP contribution in [0, 0.1) is 0 Å². The molecule has 5 heteroatoms. The molecule has 5 nitrogen and oxygen atoms in total. The van der Waals surface area contributed by atoms with E-state index in [1.165, 1.54) is 5.56 Å². The topological polar surface area (TPSA) is 58.6 Å². The molecule has 1 fully saturated rings. The maximum absolute atomic E-state index is 12.3. The minimum Gasteiger partial charge on any atom is -0.444 e. The maximum Gasteiger partial charge on any atom is 0.407 e. The number of nitrogens with one attached hydrogen (secondary N) is 1. The van der Waals surface area contributed by atoms with Gasteiger partial charge in [0.25, 0.3) is 0 Å². The lowest BCUT2D eigenvalue weighted by molar-refractivity contribution is -0.130. The molecular formula is C19H28N2O3. The van der Waals surface area contributed by atoms with E-state index in [-0.39, 0.29) is 5.91 Å². The zero-order valence-corrected chi connectivity index (χ0v) is 14.9. The second-order valence-electron chi connectivity index (χ2n) is 7.27. The zero-order valence-electron chi connectivity index (χ0n) is 14.9. The van der Waals surface area contributed by atoms with Crippen LogP contribution in [-0.2, 0) is 9.53 Å². The molecule has 2 amide bonds. The second-order valence-corrected chi connectivity index (χ2v) is 7.27. The predicted octanol–water partition coefficient (Wildman–Crippen LogP) is 3.31. The van der Waals surface area contributed by atoms with E-state index in [9.17, 15) is 9.59 Å². The molecule has 1 aromatic carbocycles. The molecule has 0 saturated carbocycles. The number of alkyl carbamates (subject to hydrolysis) is 1. The Hall–Kier alpha value is -2.04. The molecule has 1 saturated heterocycles. The van der Waals surface area contributed by atoms with Crippen LogP contribution in [0.25, 0.3) is 0 Å². The number of hydrogen-bond donors (Lipinski definition) is 1. The fourth-order valence-corrected chi connectivity index (χ4v) is 2.89. The summed E-state index contributed by atoms with van der Waals surface area (Å²) in [5.74, 6) is 0.606. The SMILES string of the molecule is CC(C)(C)OC(=O)NCCCC(=O)N1CCC(c2ccccc2)C1. The first-order chi connectivity index (χ1) is 11.3. The van der Waals surface area contributed by atoms with Gasteiger partial charge in [0, 0.05) is 32.0 Å². The van der Waals surface area contributed by atoms with E-state index in [1.54, 1.807) is 0 Å². The van der Waals surface area contributed by atoms with Gasteiger partial charge >= 0.3 is 6.09 Å². The Balaban J connectivity index is 1.66. The number of likely N-dealkylation sites (tertiary alicyclic amines) is 1. The van der Waals surface area contributed by atoms with Crippen LogP contribution in [0.3, 0.4) is 0 Å². The molecule has 1 heterocycles. The van der Waals surface area contributed by atoms with Gasteiger partial charge in [-0.2, -0.15) is 0 Å². The summed E-state index contributed by atoms with van der Waals surface area (Å²) in [5.41, 5.74) is 0.807. The molecule has 1 aliphatic heterocycles. The Morgan fingerprint density at radius 2 is 1.96 bits per heavy atom. The van der Waals surface area contributed by atoms with Gasteiger partial charge in [-0.25, -0.2) is 4.79 Å². The first-order valence-corrected chi connectivity index (χ1v) is 8.65. The summed E-state index contributed by atoms with van der Waals surface area (Å²) in [7, 11) is 0. The van der Waals surface area contributed by atoms with E-state index in [2.05, 4.69) is 17.4 Å². The largest absolute Gasteiger partial charge is 0.444 e. The molecule has 1 unspecified atom stereocenters. The smallest absolute Gasteiger partial charge is 0.407 e. The minimum absolute atomic E-state index is 0.166. The molecule has 1 N–H and O–H groups in total. The van der Waals surface area contributed by atoms with Crippen molar-refractivity contribution >= 4 is 12.0 Å². The summed E-state index contributed by atoms with van der Waals surface area (Å²) in [6.45, 7) is 7.54. The average Bonchev–Trinajstić information content (AvgIpc) is 3.00. The van der Waals surface area contributed by atoms with Crippen molar-refractivity contribution < 1.29 is 14.3 Å². The van der Waals surface area contributed by atoms with E-state index in [4.69, 9.17) is 4.74 Å². The highest BCUT2D eigenvalue weighted by Gasteiger charge is 2.26. The van der Waals surface area contributed by atoms with Crippen molar-refractivity contribution in [3.63, 3.8) is 0 Å². The molecule has 0 aliphatic carbocycles. The molecule has 132 valence electrons. The van der Waals surface area contributed by atoms with Gasteiger partial charge in [0.2, 0.25) is 5.91 Å². The van der Waals surface area contributed by atoms with Crippen molar-refractivity contribution in [2.75, 3.05) is 19.6 Å². The molecule has 1 aliphatic rings. The number of rotatable bonds is 5. The van der Waals surface area contributed by atoms with Crippen molar-refractivity contribution in [2.45, 2.75) is 51.6 Å². The molecule has 0 bridgehead atoms. The molecule has 0 aromatic heterocycles. The number of carbonyl (C=O) groups excluding carboxylic acids is 2. The Bertz CT molecular complexity index is 551. The van der Waals surface area contributed by atoms with Crippen LogP contribution in [0.15, 0.2) is 30.3 Å². The standard InChI is InChI=1S/C19H28N2O3/c1-19(2,3)24-18(23)20-12-7-10-17(22)21-13-11-16(14-21)15-8-5-4-6-9-15/h4-6,8-9,16H,7,10-14H2,1-3H3,(H,20,23). The molecule has 1 atom stereocenters. The van der Waals surface area contributed by atoms with Crippen LogP contribution >= 0.6 is 0 Å². The van der Waals surface area contributed by atoms with E-state index in [1.807, 2.05) is 43.9 Å². The lowest BCUT2D eigenvalue weighted by Crippen LogP contribution is -2.34. The third kappa shape index (κ3) is 5.87. The highest BCUT2D eigenvalue weighted by Crippen LogP contribution is 2.27. The summed E-state index contributed by atoms with van der Waals surface area (Å²) >= 11 is 0. The van der Waals surface area contributed by atoms with E-state index in [0.29, 0.717) is 25.3 Å². The Labute approximate surface area is 144 Å². The summed E-state index contributed by atoms with van der Waals surface area (Å²) in [6.07, 6.45) is 1.67. The summed E-state index contributed by atoms with van der Waals surface area (Å²) in [6, 6.07) is 10.4. The van der Waals surface area contributed by atoms with Gasteiger partial charge in [0.05, 0.1) is 0 Å². The fraction of sp³-hybridized carbons (Fsp3) is 0.579. The Kier molecular flexibility index (Phi) is 6.23. The highest BCUT2D eigenvalue weighted by molar-refractivity contribution is 5.76. The number of benzene rings is 1. The fourth-order valence-electron chi connectivity index (χ4n) is 2.89. The summed E-state index contributed by atoms with van der Waals surface area (Å²) in [5, 5.41) is 2.69. The molecular weight excluding hydrogens is 304 g/mol. The number of carbonyl (C=O) groups is 2. The normalized spacial score (nSPS) is 17.6. The number of amides is 2. The van der Waals surface area contributed by atoms with Crippen LogP contribution in [0.4, 0.5) is 4.79 Å². The first-order valence-electron chi connectivity index (χ1n) is 8.65. The van der Waals surface area contributed by atoms with Crippen LogP contribution in [0.1, 0.15) is 51.5 Å². The Morgan fingerprint density at radius 3 is 2.62 bits per heavy atom. The molecule has 0 radical (unpaired) electrons. The Morgan fingerprint density at radius 1 is 1.25 bits per heavy atom. The molecule has 1 aromatic rings. The van der Waals surface area contributed by atoms with E-state index >= 15 is 0 Å². The summed E-state index contributed by atoms with van der Waals surface area (Å²) < 4.78 is 5.16. The van der Waals surface area contributed by atoms with Crippen molar-refractivity contribution in [2.24, 2.45) is 0 Å².